The fourth-order valence-electron chi connectivity index (χ4n) is 3.20. The zero-order valence-electron chi connectivity index (χ0n) is 12.4. The molecule has 1 aliphatic heterocycles. The van der Waals surface area contributed by atoms with E-state index in [-0.39, 0.29) is 6.10 Å². The number of likely N-dealkylation sites (tertiary alicyclic amines) is 1. The van der Waals surface area contributed by atoms with Crippen molar-refractivity contribution in [2.75, 3.05) is 19.6 Å². The van der Waals surface area contributed by atoms with Crippen LogP contribution in [0.15, 0.2) is 60.7 Å². The molecular formula is C19H23NO. The van der Waals surface area contributed by atoms with E-state index >= 15 is 0 Å². The van der Waals surface area contributed by atoms with Crippen molar-refractivity contribution in [1.29, 1.82) is 0 Å². The van der Waals surface area contributed by atoms with E-state index < -0.39 is 0 Å². The van der Waals surface area contributed by atoms with Crippen LogP contribution in [-0.2, 0) is 0 Å². The molecule has 1 N–H and O–H groups in total. The number of aliphatic hydroxyl groups excluding tert-OH is 1. The van der Waals surface area contributed by atoms with E-state index in [9.17, 15) is 5.11 Å². The molecule has 0 aromatic heterocycles. The van der Waals surface area contributed by atoms with Crippen molar-refractivity contribution in [2.45, 2.75) is 24.9 Å². The second-order valence-electron chi connectivity index (χ2n) is 5.91. The molecule has 1 heterocycles. The van der Waals surface area contributed by atoms with Gasteiger partial charge in [0.2, 0.25) is 0 Å². The summed E-state index contributed by atoms with van der Waals surface area (Å²) in [6, 6.07) is 20.8. The molecule has 2 aromatic carbocycles. The van der Waals surface area contributed by atoms with Gasteiger partial charge < -0.3 is 10.0 Å². The summed E-state index contributed by atoms with van der Waals surface area (Å²) in [5, 5.41) is 10.3. The SMILES string of the molecule is OC(CN1CCC(c2ccccc2)CC1)c1ccccc1. The van der Waals surface area contributed by atoms with Gasteiger partial charge in [-0.05, 0) is 43.0 Å². The first kappa shape index (κ1) is 14.3. The number of β-amino-alcohol motifs (C(OH)–C–C–N with tert-alkyl or cyclic N) is 1. The lowest BCUT2D eigenvalue weighted by Gasteiger charge is -2.33. The van der Waals surface area contributed by atoms with Gasteiger partial charge in [-0.25, -0.2) is 0 Å². The molecule has 1 unspecified atom stereocenters. The van der Waals surface area contributed by atoms with E-state index in [2.05, 4.69) is 35.2 Å². The van der Waals surface area contributed by atoms with Crippen molar-refractivity contribution in [3.8, 4) is 0 Å². The summed E-state index contributed by atoms with van der Waals surface area (Å²) in [5.41, 5.74) is 2.48. The number of hydrogen-bond acceptors (Lipinski definition) is 2. The molecule has 0 spiro atoms. The van der Waals surface area contributed by atoms with Gasteiger partial charge in [0.1, 0.15) is 0 Å². The van der Waals surface area contributed by atoms with Crippen LogP contribution < -0.4 is 0 Å². The summed E-state index contributed by atoms with van der Waals surface area (Å²) < 4.78 is 0. The molecule has 110 valence electrons. The number of aliphatic hydroxyl groups is 1. The van der Waals surface area contributed by atoms with E-state index in [1.165, 1.54) is 18.4 Å². The van der Waals surface area contributed by atoms with Crippen molar-refractivity contribution in [1.82, 2.24) is 4.90 Å². The zero-order valence-corrected chi connectivity index (χ0v) is 12.4. The number of rotatable bonds is 4. The van der Waals surface area contributed by atoms with Gasteiger partial charge in [0, 0.05) is 6.54 Å². The van der Waals surface area contributed by atoms with Crippen molar-refractivity contribution < 1.29 is 5.11 Å². The standard InChI is InChI=1S/C19H23NO/c21-19(18-9-5-2-6-10-18)15-20-13-11-17(12-14-20)16-7-3-1-4-8-16/h1-10,17,19,21H,11-15H2. The molecule has 21 heavy (non-hydrogen) atoms. The number of piperidine rings is 1. The van der Waals surface area contributed by atoms with Gasteiger partial charge in [0.15, 0.2) is 0 Å². The van der Waals surface area contributed by atoms with Crippen LogP contribution in [0, 0.1) is 0 Å². The molecule has 1 fully saturated rings. The van der Waals surface area contributed by atoms with E-state index in [0.29, 0.717) is 5.92 Å². The van der Waals surface area contributed by atoms with Crippen molar-refractivity contribution in [3.05, 3.63) is 71.8 Å². The average molecular weight is 281 g/mol. The normalized spacial score (nSPS) is 18.5. The summed E-state index contributed by atoms with van der Waals surface area (Å²) in [6.45, 7) is 2.89. The van der Waals surface area contributed by atoms with Gasteiger partial charge in [0.25, 0.3) is 0 Å². The minimum absolute atomic E-state index is 0.375. The largest absolute Gasteiger partial charge is 0.387 e. The van der Waals surface area contributed by atoms with E-state index in [0.717, 1.165) is 25.2 Å². The van der Waals surface area contributed by atoms with Crippen molar-refractivity contribution in [2.24, 2.45) is 0 Å². The minimum Gasteiger partial charge on any atom is -0.387 e. The Morgan fingerprint density at radius 2 is 1.48 bits per heavy atom. The highest BCUT2D eigenvalue weighted by Gasteiger charge is 2.22. The van der Waals surface area contributed by atoms with Crippen LogP contribution in [0.25, 0.3) is 0 Å². The first-order valence-electron chi connectivity index (χ1n) is 7.83. The third-order valence-corrected chi connectivity index (χ3v) is 4.47. The maximum absolute atomic E-state index is 10.3. The quantitative estimate of drug-likeness (QED) is 0.925. The maximum atomic E-state index is 10.3. The van der Waals surface area contributed by atoms with Gasteiger partial charge in [-0.2, -0.15) is 0 Å². The van der Waals surface area contributed by atoms with Gasteiger partial charge in [0.05, 0.1) is 6.10 Å². The highest BCUT2D eigenvalue weighted by molar-refractivity contribution is 5.20. The second-order valence-corrected chi connectivity index (χ2v) is 5.91. The van der Waals surface area contributed by atoms with Crippen LogP contribution in [0.2, 0.25) is 0 Å². The lowest BCUT2D eigenvalue weighted by molar-refractivity contribution is 0.0972. The second kappa shape index (κ2) is 6.88. The summed E-state index contributed by atoms with van der Waals surface area (Å²) in [5.74, 6) is 0.677. The molecule has 0 radical (unpaired) electrons. The minimum atomic E-state index is -0.375. The topological polar surface area (TPSA) is 23.5 Å². The molecule has 2 heteroatoms. The molecule has 3 rings (SSSR count). The monoisotopic (exact) mass is 281 g/mol. The molecule has 1 aliphatic rings. The van der Waals surface area contributed by atoms with E-state index in [1.807, 2.05) is 30.3 Å². The molecule has 0 bridgehead atoms. The highest BCUT2D eigenvalue weighted by Crippen LogP contribution is 2.28. The Kier molecular flexibility index (Phi) is 4.69. The number of nitrogens with zero attached hydrogens (tertiary/aromatic N) is 1. The van der Waals surface area contributed by atoms with E-state index in [1.54, 1.807) is 0 Å². The van der Waals surface area contributed by atoms with Crippen LogP contribution in [0.3, 0.4) is 0 Å². The summed E-state index contributed by atoms with van der Waals surface area (Å²) in [4.78, 5) is 2.39. The third-order valence-electron chi connectivity index (χ3n) is 4.47. The van der Waals surface area contributed by atoms with Crippen LogP contribution in [0.1, 0.15) is 36.0 Å². The summed E-state index contributed by atoms with van der Waals surface area (Å²) in [7, 11) is 0. The van der Waals surface area contributed by atoms with Gasteiger partial charge in [-0.15, -0.1) is 0 Å². The fraction of sp³-hybridized carbons (Fsp3) is 0.368. The molecular weight excluding hydrogens is 258 g/mol. The maximum Gasteiger partial charge on any atom is 0.0916 e. The Balaban J connectivity index is 1.52. The Labute approximate surface area is 127 Å². The Morgan fingerprint density at radius 3 is 2.10 bits per heavy atom. The first-order chi connectivity index (χ1) is 10.3. The van der Waals surface area contributed by atoms with Crippen LogP contribution >= 0.6 is 0 Å². The predicted molar refractivity (Wildman–Crippen MR) is 86.3 cm³/mol. The van der Waals surface area contributed by atoms with E-state index in [4.69, 9.17) is 0 Å². The van der Waals surface area contributed by atoms with Crippen LogP contribution in [0.5, 0.6) is 0 Å². The summed E-state index contributed by atoms with van der Waals surface area (Å²) in [6.07, 6.45) is 2.00. The fourth-order valence-corrected chi connectivity index (χ4v) is 3.20. The molecule has 2 aromatic rings. The highest BCUT2D eigenvalue weighted by atomic mass is 16.3. The van der Waals surface area contributed by atoms with Crippen molar-refractivity contribution in [3.63, 3.8) is 0 Å². The van der Waals surface area contributed by atoms with Crippen molar-refractivity contribution >= 4 is 0 Å². The third kappa shape index (κ3) is 3.72. The lowest BCUT2D eigenvalue weighted by Crippen LogP contribution is -2.36. The number of hydrogen-bond donors (Lipinski definition) is 1. The van der Waals surface area contributed by atoms with Gasteiger partial charge in [-0.3, -0.25) is 0 Å². The summed E-state index contributed by atoms with van der Waals surface area (Å²) >= 11 is 0. The smallest absolute Gasteiger partial charge is 0.0916 e. The predicted octanol–water partition coefficient (Wildman–Crippen LogP) is 3.60. The lowest BCUT2D eigenvalue weighted by atomic mass is 9.89. The molecule has 1 saturated heterocycles. The van der Waals surface area contributed by atoms with Crippen LogP contribution in [0.4, 0.5) is 0 Å². The van der Waals surface area contributed by atoms with Crippen LogP contribution in [-0.4, -0.2) is 29.6 Å². The molecule has 2 nitrogen and oxygen atoms in total. The average Bonchev–Trinajstić information content (AvgIpc) is 2.57. The molecule has 1 atom stereocenters. The molecule has 0 aliphatic carbocycles. The zero-order chi connectivity index (χ0) is 14.5. The molecule has 0 amide bonds. The van der Waals surface area contributed by atoms with Gasteiger partial charge >= 0.3 is 0 Å². The Morgan fingerprint density at radius 1 is 0.905 bits per heavy atom. The Hall–Kier alpha value is -1.64. The molecule has 0 saturated carbocycles. The van der Waals surface area contributed by atoms with Gasteiger partial charge in [-0.1, -0.05) is 60.7 Å². The first-order valence-corrected chi connectivity index (χ1v) is 7.83. The number of benzene rings is 2. The Bertz CT molecular complexity index is 532.